The van der Waals surface area contributed by atoms with E-state index >= 15 is 0 Å². The SMILES string of the molecule is Cc1nc(-c2cccc(Br)c2)sc1Cl. The Kier molecular flexibility index (Phi) is 2.91. The summed E-state index contributed by atoms with van der Waals surface area (Å²) < 4.78 is 1.82. The minimum atomic E-state index is 0.764. The van der Waals surface area contributed by atoms with E-state index in [1.807, 2.05) is 31.2 Å². The Morgan fingerprint density at radius 1 is 1.43 bits per heavy atom. The summed E-state index contributed by atoms with van der Waals surface area (Å²) in [6, 6.07) is 8.05. The number of halogens is 2. The molecule has 1 heterocycles. The van der Waals surface area contributed by atoms with Crippen LogP contribution in [0.15, 0.2) is 28.7 Å². The third kappa shape index (κ3) is 2.00. The summed E-state index contributed by atoms with van der Waals surface area (Å²) in [4.78, 5) is 4.39. The van der Waals surface area contributed by atoms with Crippen LogP contribution in [0.25, 0.3) is 10.6 Å². The van der Waals surface area contributed by atoms with Crippen molar-refractivity contribution in [3.63, 3.8) is 0 Å². The first kappa shape index (κ1) is 10.1. The number of aromatic nitrogens is 1. The fourth-order valence-electron chi connectivity index (χ4n) is 1.12. The number of rotatable bonds is 1. The van der Waals surface area contributed by atoms with Gasteiger partial charge in [-0.15, -0.1) is 11.3 Å². The van der Waals surface area contributed by atoms with Crippen LogP contribution in [0.3, 0.4) is 0 Å². The van der Waals surface area contributed by atoms with Gasteiger partial charge in [0.1, 0.15) is 9.34 Å². The van der Waals surface area contributed by atoms with Gasteiger partial charge in [0.25, 0.3) is 0 Å². The van der Waals surface area contributed by atoms with Crippen LogP contribution in [-0.4, -0.2) is 4.98 Å². The largest absolute Gasteiger partial charge is 0.240 e. The van der Waals surface area contributed by atoms with Gasteiger partial charge in [0.15, 0.2) is 0 Å². The lowest BCUT2D eigenvalue weighted by molar-refractivity contribution is 1.27. The van der Waals surface area contributed by atoms with Crippen molar-refractivity contribution in [2.45, 2.75) is 6.92 Å². The molecule has 0 aliphatic rings. The van der Waals surface area contributed by atoms with Crippen molar-refractivity contribution in [2.75, 3.05) is 0 Å². The summed E-state index contributed by atoms with van der Waals surface area (Å²) in [5.74, 6) is 0. The van der Waals surface area contributed by atoms with Gasteiger partial charge in [-0.05, 0) is 19.1 Å². The van der Waals surface area contributed by atoms with Gasteiger partial charge in [-0.3, -0.25) is 0 Å². The van der Waals surface area contributed by atoms with E-state index in [1.54, 1.807) is 0 Å². The molecule has 0 aliphatic heterocycles. The highest BCUT2D eigenvalue weighted by molar-refractivity contribution is 9.10. The van der Waals surface area contributed by atoms with Crippen LogP contribution in [0.4, 0.5) is 0 Å². The van der Waals surface area contributed by atoms with Crippen LogP contribution in [0.5, 0.6) is 0 Å². The molecule has 0 aliphatic carbocycles. The minimum Gasteiger partial charge on any atom is -0.240 e. The number of hydrogen-bond donors (Lipinski definition) is 0. The number of aryl methyl sites for hydroxylation is 1. The van der Waals surface area contributed by atoms with Crippen LogP contribution in [-0.2, 0) is 0 Å². The number of hydrogen-bond acceptors (Lipinski definition) is 2. The van der Waals surface area contributed by atoms with Crippen LogP contribution in [0.1, 0.15) is 5.69 Å². The lowest BCUT2D eigenvalue weighted by Crippen LogP contribution is -1.76. The van der Waals surface area contributed by atoms with Crippen LogP contribution in [0, 0.1) is 6.92 Å². The minimum absolute atomic E-state index is 0.764. The van der Waals surface area contributed by atoms with E-state index in [2.05, 4.69) is 20.9 Å². The monoisotopic (exact) mass is 287 g/mol. The molecule has 0 spiro atoms. The second-order valence-electron chi connectivity index (χ2n) is 2.89. The Bertz CT molecular complexity index is 447. The van der Waals surface area contributed by atoms with Gasteiger partial charge in [-0.1, -0.05) is 39.7 Å². The molecule has 2 rings (SSSR count). The quantitative estimate of drug-likeness (QED) is 0.751. The van der Waals surface area contributed by atoms with E-state index in [9.17, 15) is 0 Å². The summed E-state index contributed by atoms with van der Waals surface area (Å²) in [5, 5.41) is 0.966. The molecule has 0 amide bonds. The van der Waals surface area contributed by atoms with Gasteiger partial charge in [0.05, 0.1) is 5.69 Å². The van der Waals surface area contributed by atoms with Crippen molar-refractivity contribution in [3.05, 3.63) is 38.8 Å². The van der Waals surface area contributed by atoms with Crippen molar-refractivity contribution in [3.8, 4) is 10.6 Å². The van der Waals surface area contributed by atoms with E-state index < -0.39 is 0 Å². The summed E-state index contributed by atoms with van der Waals surface area (Å²) in [6.45, 7) is 1.92. The van der Waals surface area contributed by atoms with E-state index in [4.69, 9.17) is 11.6 Å². The fraction of sp³-hybridized carbons (Fsp3) is 0.100. The van der Waals surface area contributed by atoms with E-state index in [0.717, 1.165) is 25.1 Å². The third-order valence-electron chi connectivity index (χ3n) is 1.81. The van der Waals surface area contributed by atoms with Gasteiger partial charge < -0.3 is 0 Å². The zero-order valence-corrected chi connectivity index (χ0v) is 10.6. The average Bonchev–Trinajstić information content (AvgIpc) is 2.47. The molecule has 0 unspecified atom stereocenters. The predicted molar refractivity (Wildman–Crippen MR) is 65.0 cm³/mol. The molecule has 0 atom stereocenters. The summed E-state index contributed by atoms with van der Waals surface area (Å²) in [7, 11) is 0. The maximum atomic E-state index is 5.96. The van der Waals surface area contributed by atoms with E-state index in [0.29, 0.717) is 0 Å². The topological polar surface area (TPSA) is 12.9 Å². The van der Waals surface area contributed by atoms with Crippen LogP contribution < -0.4 is 0 Å². The highest BCUT2D eigenvalue weighted by atomic mass is 79.9. The average molecular weight is 289 g/mol. The molecule has 1 aromatic heterocycles. The molecule has 0 saturated carbocycles. The fourth-order valence-corrected chi connectivity index (χ4v) is 2.57. The second-order valence-corrected chi connectivity index (χ2v) is 5.41. The van der Waals surface area contributed by atoms with E-state index in [1.165, 1.54) is 11.3 Å². The van der Waals surface area contributed by atoms with Crippen molar-refractivity contribution >= 4 is 38.9 Å². The zero-order valence-electron chi connectivity index (χ0n) is 7.42. The van der Waals surface area contributed by atoms with Gasteiger partial charge in [0.2, 0.25) is 0 Å². The first-order valence-corrected chi connectivity index (χ1v) is 6.04. The van der Waals surface area contributed by atoms with Crippen molar-refractivity contribution in [1.82, 2.24) is 4.98 Å². The zero-order chi connectivity index (χ0) is 10.1. The van der Waals surface area contributed by atoms with Crippen LogP contribution >= 0.6 is 38.9 Å². The molecule has 0 saturated heterocycles. The molecule has 0 radical (unpaired) electrons. The molecule has 14 heavy (non-hydrogen) atoms. The lowest BCUT2D eigenvalue weighted by atomic mass is 10.2. The number of nitrogens with zero attached hydrogens (tertiary/aromatic N) is 1. The number of benzene rings is 1. The Morgan fingerprint density at radius 2 is 2.21 bits per heavy atom. The van der Waals surface area contributed by atoms with Gasteiger partial charge in [0, 0.05) is 10.0 Å². The summed E-state index contributed by atoms with van der Waals surface area (Å²) in [5.41, 5.74) is 1.99. The smallest absolute Gasteiger partial charge is 0.125 e. The predicted octanol–water partition coefficient (Wildman–Crippen LogP) is 4.53. The van der Waals surface area contributed by atoms with Gasteiger partial charge >= 0.3 is 0 Å². The highest BCUT2D eigenvalue weighted by Crippen LogP contribution is 2.32. The van der Waals surface area contributed by atoms with Crippen molar-refractivity contribution in [2.24, 2.45) is 0 Å². The molecule has 4 heteroatoms. The maximum Gasteiger partial charge on any atom is 0.125 e. The van der Waals surface area contributed by atoms with Crippen molar-refractivity contribution < 1.29 is 0 Å². The Morgan fingerprint density at radius 3 is 2.79 bits per heavy atom. The second kappa shape index (κ2) is 4.01. The molecule has 0 N–H and O–H groups in total. The normalized spacial score (nSPS) is 10.5. The summed E-state index contributed by atoms with van der Waals surface area (Å²) >= 11 is 10.9. The van der Waals surface area contributed by atoms with Crippen molar-refractivity contribution in [1.29, 1.82) is 0 Å². The molecule has 2 aromatic rings. The van der Waals surface area contributed by atoms with Crippen LogP contribution in [0.2, 0.25) is 4.34 Å². The number of thiazole rings is 1. The van der Waals surface area contributed by atoms with Gasteiger partial charge in [-0.25, -0.2) is 4.98 Å². The van der Waals surface area contributed by atoms with E-state index in [-0.39, 0.29) is 0 Å². The van der Waals surface area contributed by atoms with Gasteiger partial charge in [-0.2, -0.15) is 0 Å². The molecular formula is C10H7BrClNS. The summed E-state index contributed by atoms with van der Waals surface area (Å²) in [6.07, 6.45) is 0. The lowest BCUT2D eigenvalue weighted by Gasteiger charge is -1.95. The maximum absolute atomic E-state index is 5.96. The molecule has 72 valence electrons. The molecule has 1 aromatic carbocycles. The Balaban J connectivity index is 2.49. The Labute approximate surface area is 99.9 Å². The first-order chi connectivity index (χ1) is 6.66. The molecule has 0 fully saturated rings. The third-order valence-corrected chi connectivity index (χ3v) is 3.80. The molecular weight excluding hydrogens is 282 g/mol. The molecule has 0 bridgehead atoms. The Hall–Kier alpha value is -0.380. The standard InChI is InChI=1S/C10H7BrClNS/c1-6-9(12)14-10(13-6)7-3-2-4-8(11)5-7/h2-5H,1H3. The molecule has 1 nitrogen and oxygen atoms in total. The first-order valence-electron chi connectivity index (χ1n) is 4.05. The highest BCUT2D eigenvalue weighted by Gasteiger charge is 2.07.